The molecular weight excluding hydrogens is 1290 g/mol. The molecule has 3 N–H and O–H groups in total. The number of fused-ring (bicyclic) bond motifs is 3. The summed E-state index contributed by atoms with van der Waals surface area (Å²) >= 11 is 0. The van der Waals surface area contributed by atoms with Crippen LogP contribution in [0, 0.1) is 5.53 Å². The quantitative estimate of drug-likeness (QED) is 0.0230. The van der Waals surface area contributed by atoms with E-state index in [1.807, 2.05) is 36.9 Å². The fourth-order valence-corrected chi connectivity index (χ4v) is 6.21. The number of hydrogen-bond acceptors (Lipinski definition) is 5. The van der Waals surface area contributed by atoms with Gasteiger partial charge in [0.05, 0.1) is 11.0 Å². The van der Waals surface area contributed by atoms with Gasteiger partial charge in [-0.25, -0.2) is 0 Å². The van der Waals surface area contributed by atoms with E-state index >= 15 is 0 Å². The summed E-state index contributed by atoms with van der Waals surface area (Å²) in [4.78, 5) is 10.9. The number of nitrogens with one attached hydrogen (secondary N) is 1. The molecule has 0 radical (unpaired) electrons. The van der Waals surface area contributed by atoms with Crippen molar-refractivity contribution < 1.29 is 0 Å². The zero-order valence-corrected chi connectivity index (χ0v) is 47.2. The molecule has 63 nitrogen and oxygen atoms in total. The molecular formula is C34H27N63. The molecule has 478 valence electrons. The number of rotatable bonds is 33. The molecule has 0 atom stereocenters. The van der Waals surface area contributed by atoms with Gasteiger partial charge in [0.25, 0.3) is 0 Å². The van der Waals surface area contributed by atoms with E-state index in [0.717, 1.165) is 44.7 Å². The first-order valence-electron chi connectivity index (χ1n) is 24.3. The minimum atomic E-state index is 1.10. The van der Waals surface area contributed by atoms with Crippen LogP contribution in [0.15, 0.2) is 444 Å². The van der Waals surface area contributed by atoms with Crippen LogP contribution in [0.5, 0.6) is 0 Å². The van der Waals surface area contributed by atoms with E-state index in [4.69, 9.17) is 5.53 Å². The molecule has 97 heavy (non-hydrogen) atoms. The molecule has 0 spiro atoms. The van der Waals surface area contributed by atoms with Gasteiger partial charge in [0.1, 0.15) is 0 Å². The van der Waals surface area contributed by atoms with Crippen molar-refractivity contribution >= 4 is 38.9 Å². The minimum absolute atomic E-state index is 1.10. The SMILES string of the molecule is N=N/N=N/N=N/N=N/N=N/N=N/N=N/N=N/N=N/N=N/N=N/N=N/N=N/N=N/N=N/N=N/N=N/N=N/N=N/N=N/N=N/N=N/N=N/N=N/N=N/N=N/N=N/N=N/N=N/N.c1ccc(N(c2ccccc2)c2ccc3c(c2)c2cnccc2n3-c2ccc(-c3ccncc3)cc2)cc1. The number of anilines is 3. The molecule has 0 saturated heterocycles. The molecule has 4 aromatic carbocycles. The second-order valence-electron chi connectivity index (χ2n) is 14.4. The molecule has 63 heteroatoms. The summed E-state index contributed by atoms with van der Waals surface area (Å²) < 4.78 is 2.32. The van der Waals surface area contributed by atoms with E-state index in [9.17, 15) is 0 Å². The van der Waals surface area contributed by atoms with E-state index in [1.54, 1.807) is 0 Å². The van der Waals surface area contributed by atoms with Gasteiger partial charge in [-0.15, -0.1) is 0 Å². The first-order chi connectivity index (χ1) is 48.3. The van der Waals surface area contributed by atoms with Gasteiger partial charge in [-0.2, -0.15) is 5.53 Å². The van der Waals surface area contributed by atoms with Crippen molar-refractivity contribution in [2.45, 2.75) is 0 Å². The van der Waals surface area contributed by atoms with Gasteiger partial charge in [0, 0.05) is 272 Å². The van der Waals surface area contributed by atoms with Crippen LogP contribution in [0.4, 0.5) is 17.1 Å². The van der Waals surface area contributed by atoms with Crippen LogP contribution < -0.4 is 10.7 Å². The van der Waals surface area contributed by atoms with E-state index in [1.165, 1.54) is 10.9 Å². The standard InChI is InChI=1S/C34H24N4.H3N59/c1-3-7-27(8-4-1)37(28-9-5-2-6-10-28)30-15-16-33-31(23-30)32-24-36-22-19-34(32)38(33)29-13-11-25(12-14-29)26-17-20-35-21-18-26;1-3-5-7-9-11-13-15-17-19-21-23-25-27-29-31-33-35-37-39-41-43-45-47-49-51-53-55-57-59-58-56-54-52-50-48-46-44-42-40-38-36-34-32-30-28-26-24-22-20-18-16-14-12-10-8-6-4-2/h1-24H;(H3,1,2,5,6,9,10,13,14,17,18,21,22,25,26,29,30,33,34,37,38,41,42,45,46,49,50,53,54,57,58). The number of hydrogen-bond donors (Lipinski definition) is 2. The molecule has 0 bridgehead atoms. The maximum absolute atomic E-state index is 6.26. The highest BCUT2D eigenvalue weighted by Crippen LogP contribution is 2.39. The summed E-state index contributed by atoms with van der Waals surface area (Å²) in [6.45, 7) is 0. The molecule has 3 heterocycles. The monoisotopic (exact) mass is 1320 g/mol. The number of aromatic nitrogens is 3. The lowest BCUT2D eigenvalue weighted by Gasteiger charge is -2.25. The van der Waals surface area contributed by atoms with E-state index in [0.29, 0.717) is 0 Å². The Bertz CT molecular complexity index is 4370. The van der Waals surface area contributed by atoms with Gasteiger partial charge in [-0.05, 0) is 162 Å². The normalized spacial score (nSPS) is 13.7. The molecule has 0 saturated carbocycles. The fourth-order valence-electron chi connectivity index (χ4n) is 6.21. The van der Waals surface area contributed by atoms with Crippen molar-refractivity contribution in [2.24, 2.45) is 304 Å². The Morgan fingerprint density at radius 2 is 0.557 bits per heavy atom. The zero-order valence-electron chi connectivity index (χ0n) is 47.2. The van der Waals surface area contributed by atoms with Crippen LogP contribution in [-0.2, 0) is 0 Å². The summed E-state index contributed by atoms with van der Waals surface area (Å²) in [5.41, 5.74) is 15.3. The smallest absolute Gasteiger partial charge is 0.0571 e. The average Bonchev–Trinajstić information content (AvgIpc) is 1.60. The van der Waals surface area contributed by atoms with Crippen molar-refractivity contribution in [3.05, 3.63) is 146 Å². The molecule has 7 rings (SSSR count). The number of nitrogens with two attached hydrogens (primary N) is 1. The molecule has 0 aliphatic heterocycles. The third-order valence-corrected chi connectivity index (χ3v) is 9.23. The summed E-state index contributed by atoms with van der Waals surface area (Å²) in [6, 6.07) is 42.6. The van der Waals surface area contributed by atoms with Gasteiger partial charge in [0.15, 0.2) is 0 Å². The summed E-state index contributed by atoms with van der Waals surface area (Å²) in [6.07, 6.45) is 7.49. The highest BCUT2D eigenvalue weighted by molar-refractivity contribution is 6.10. The third-order valence-electron chi connectivity index (χ3n) is 9.23. The van der Waals surface area contributed by atoms with Crippen LogP contribution in [0.1, 0.15) is 0 Å². The Kier molecular flexibility index (Phi) is 32.9. The molecule has 3 aromatic heterocycles. The summed E-state index contributed by atoms with van der Waals surface area (Å²) in [7, 11) is 0. The Labute approximate surface area is 529 Å². The Morgan fingerprint density at radius 1 is 0.268 bits per heavy atom. The second kappa shape index (κ2) is 46.2. The highest BCUT2D eigenvalue weighted by Gasteiger charge is 2.17. The van der Waals surface area contributed by atoms with Gasteiger partial charge in [-0.1, -0.05) is 53.8 Å². The second-order valence-corrected chi connectivity index (χ2v) is 14.4. The lowest BCUT2D eigenvalue weighted by molar-refractivity contribution is 0.724. The Morgan fingerprint density at radius 3 is 0.876 bits per heavy atom. The van der Waals surface area contributed by atoms with E-state index in [2.05, 4.69) is 432 Å². The van der Waals surface area contributed by atoms with E-state index in [-0.39, 0.29) is 0 Å². The molecule has 0 fully saturated rings. The number of nitrogens with zero attached hydrogens (tertiary/aromatic N) is 61. The Balaban J connectivity index is 0.000000331. The first-order valence-corrected chi connectivity index (χ1v) is 24.3. The summed E-state index contributed by atoms with van der Waals surface area (Å²) in [5.74, 6) is 4.63. The highest BCUT2D eigenvalue weighted by atomic mass is 15.8. The molecule has 0 aliphatic rings. The predicted molar refractivity (Wildman–Crippen MR) is 302 cm³/mol. The van der Waals surface area contributed by atoms with Gasteiger partial charge >= 0.3 is 0 Å². The lowest BCUT2D eigenvalue weighted by Crippen LogP contribution is -2.09. The van der Waals surface area contributed by atoms with Crippen molar-refractivity contribution in [3.8, 4) is 16.8 Å². The lowest BCUT2D eigenvalue weighted by atomic mass is 10.1. The number of para-hydroxylation sites is 2. The fraction of sp³-hybridized carbons (Fsp3) is 0. The maximum Gasteiger partial charge on any atom is 0.0571 e. The van der Waals surface area contributed by atoms with Crippen LogP contribution >= 0.6 is 0 Å². The van der Waals surface area contributed by atoms with Crippen LogP contribution in [0.3, 0.4) is 0 Å². The average molecular weight is 1320 g/mol. The first kappa shape index (κ1) is 69.1. The van der Waals surface area contributed by atoms with Crippen molar-refractivity contribution in [3.63, 3.8) is 0 Å². The maximum atomic E-state index is 6.26. The van der Waals surface area contributed by atoms with Crippen molar-refractivity contribution in [1.82, 2.24) is 14.5 Å². The van der Waals surface area contributed by atoms with Crippen molar-refractivity contribution in [2.75, 3.05) is 4.90 Å². The molecule has 0 unspecified atom stereocenters. The number of pyridine rings is 2. The molecule has 0 amide bonds. The predicted octanol–water partition coefficient (Wildman–Crippen LogP) is 18.9. The molecule has 0 aliphatic carbocycles. The van der Waals surface area contributed by atoms with Crippen LogP contribution in [-0.4, -0.2) is 14.5 Å². The Hall–Kier alpha value is -17.0. The van der Waals surface area contributed by atoms with E-state index < -0.39 is 0 Å². The van der Waals surface area contributed by atoms with Crippen molar-refractivity contribution in [1.29, 1.82) is 5.53 Å². The third kappa shape index (κ3) is 28.1. The van der Waals surface area contributed by atoms with Crippen LogP contribution in [0.25, 0.3) is 38.6 Å². The van der Waals surface area contributed by atoms with Gasteiger partial charge in [-0.3, -0.25) is 9.97 Å². The molecule has 7 aromatic rings. The zero-order chi connectivity index (χ0) is 67.6. The van der Waals surface area contributed by atoms with Crippen LogP contribution in [0.2, 0.25) is 0 Å². The van der Waals surface area contributed by atoms with Gasteiger partial charge < -0.3 is 15.3 Å². The minimum Gasteiger partial charge on any atom is -0.310 e. The largest absolute Gasteiger partial charge is 0.310 e. The van der Waals surface area contributed by atoms with Gasteiger partial charge in [0.2, 0.25) is 0 Å². The number of benzene rings is 4. The topological polar surface area (TPSA) is 788 Å². The summed E-state index contributed by atoms with van der Waals surface area (Å²) in [5, 5.41) is 171.